The van der Waals surface area contributed by atoms with E-state index < -0.39 is 6.04 Å². The second-order valence-electron chi connectivity index (χ2n) is 8.80. The Labute approximate surface area is 199 Å². The number of carbonyl (C=O) groups is 3. The lowest BCUT2D eigenvalue weighted by molar-refractivity contribution is -0.125. The van der Waals surface area contributed by atoms with Crippen molar-refractivity contribution in [1.82, 2.24) is 25.5 Å². The van der Waals surface area contributed by atoms with Crippen molar-refractivity contribution in [3.8, 4) is 5.75 Å². The highest BCUT2D eigenvalue weighted by Crippen LogP contribution is 2.31. The minimum Gasteiger partial charge on any atom is -0.489 e. The van der Waals surface area contributed by atoms with Crippen molar-refractivity contribution in [1.29, 1.82) is 0 Å². The summed E-state index contributed by atoms with van der Waals surface area (Å²) in [5.74, 6) is 0.266. The molecule has 2 amide bonds. The number of aldehydes is 1. The summed E-state index contributed by atoms with van der Waals surface area (Å²) in [7, 11) is 1.54. The normalized spacial score (nSPS) is 20.5. The first-order valence-electron chi connectivity index (χ1n) is 11.8. The average molecular weight is 466 g/mol. The smallest absolute Gasteiger partial charge is 0.255 e. The number of nitrogens with zero attached hydrogens (tertiary/aromatic N) is 3. The molecule has 180 valence electrons. The summed E-state index contributed by atoms with van der Waals surface area (Å²) in [5.41, 5.74) is 2.45. The highest BCUT2D eigenvalue weighted by atomic mass is 16.5. The molecular formula is C25H31N5O4. The van der Waals surface area contributed by atoms with Crippen molar-refractivity contribution in [2.45, 2.75) is 69.8 Å². The lowest BCUT2D eigenvalue weighted by Gasteiger charge is -2.32. The number of nitrogens with one attached hydrogen (secondary N) is 2. The fourth-order valence-electron chi connectivity index (χ4n) is 4.78. The van der Waals surface area contributed by atoms with Crippen LogP contribution in [0.15, 0.2) is 36.9 Å². The minimum atomic E-state index is -0.673. The molecule has 2 aromatic rings. The van der Waals surface area contributed by atoms with E-state index in [1.54, 1.807) is 11.0 Å². The number of likely N-dealkylation sites (N-methyl/N-ethyl adjacent to an activating group) is 1. The lowest BCUT2D eigenvalue weighted by Crippen LogP contribution is -2.46. The number of benzene rings is 1. The molecule has 1 fully saturated rings. The van der Waals surface area contributed by atoms with Gasteiger partial charge in [0, 0.05) is 56.1 Å². The molecule has 9 heteroatoms. The van der Waals surface area contributed by atoms with Crippen LogP contribution in [-0.4, -0.2) is 58.2 Å². The molecule has 3 unspecified atom stereocenters. The van der Waals surface area contributed by atoms with Crippen LogP contribution in [0, 0.1) is 0 Å². The van der Waals surface area contributed by atoms with Gasteiger partial charge in [-0.2, -0.15) is 0 Å². The van der Waals surface area contributed by atoms with Crippen LogP contribution in [-0.2, 0) is 22.7 Å². The third-order valence-corrected chi connectivity index (χ3v) is 6.56. The van der Waals surface area contributed by atoms with Crippen LogP contribution >= 0.6 is 0 Å². The van der Waals surface area contributed by atoms with Crippen LogP contribution in [0.3, 0.4) is 0 Å². The zero-order valence-electron chi connectivity index (χ0n) is 19.4. The number of fused-ring (bicyclic) bond motifs is 1. The Morgan fingerprint density at radius 2 is 2.06 bits per heavy atom. The molecule has 34 heavy (non-hydrogen) atoms. The van der Waals surface area contributed by atoms with Crippen molar-refractivity contribution in [3.63, 3.8) is 0 Å². The maximum Gasteiger partial charge on any atom is 0.255 e. The second kappa shape index (κ2) is 11.2. The lowest BCUT2D eigenvalue weighted by atomic mass is 9.92. The summed E-state index contributed by atoms with van der Waals surface area (Å²) in [5, 5.41) is 6.19. The first-order chi connectivity index (χ1) is 16.6. The summed E-state index contributed by atoms with van der Waals surface area (Å²) in [6.45, 7) is 1.00. The number of hydrogen-bond donors (Lipinski definition) is 2. The molecule has 1 aliphatic carbocycles. The fourth-order valence-corrected chi connectivity index (χ4v) is 4.78. The van der Waals surface area contributed by atoms with Crippen LogP contribution < -0.4 is 15.4 Å². The molecule has 3 atom stereocenters. The van der Waals surface area contributed by atoms with Crippen LogP contribution in [0.4, 0.5) is 0 Å². The molecule has 2 N–H and O–H groups in total. The summed E-state index contributed by atoms with van der Waals surface area (Å²) >= 11 is 0. The summed E-state index contributed by atoms with van der Waals surface area (Å²) < 4.78 is 6.40. The van der Waals surface area contributed by atoms with Gasteiger partial charge in [-0.05, 0) is 49.4 Å². The minimum absolute atomic E-state index is 0.0239. The van der Waals surface area contributed by atoms with Gasteiger partial charge in [-0.3, -0.25) is 9.59 Å². The molecule has 0 bridgehead atoms. The van der Waals surface area contributed by atoms with E-state index in [9.17, 15) is 14.4 Å². The quantitative estimate of drug-likeness (QED) is 0.516. The van der Waals surface area contributed by atoms with Crippen LogP contribution in [0.25, 0.3) is 0 Å². The monoisotopic (exact) mass is 465 g/mol. The maximum absolute atomic E-state index is 13.0. The molecule has 9 nitrogen and oxygen atoms in total. The molecule has 2 heterocycles. The highest BCUT2D eigenvalue weighted by molar-refractivity contribution is 6.01. The Morgan fingerprint density at radius 3 is 2.82 bits per heavy atom. The number of aromatic nitrogens is 2. The first-order valence-corrected chi connectivity index (χ1v) is 11.8. The molecule has 4 rings (SSSR count). The van der Waals surface area contributed by atoms with E-state index in [1.807, 2.05) is 24.5 Å². The number of ether oxygens (including phenoxy) is 1. The Morgan fingerprint density at radius 1 is 1.26 bits per heavy atom. The Hall–Kier alpha value is -3.33. The predicted octanol–water partition coefficient (Wildman–Crippen LogP) is 2.01. The first kappa shape index (κ1) is 23.8. The van der Waals surface area contributed by atoms with E-state index in [1.165, 1.54) is 13.4 Å². The van der Waals surface area contributed by atoms with Gasteiger partial charge in [0.2, 0.25) is 5.91 Å². The van der Waals surface area contributed by atoms with Gasteiger partial charge in [0.15, 0.2) is 0 Å². The van der Waals surface area contributed by atoms with Crippen LogP contribution in [0.2, 0.25) is 0 Å². The number of hydrogen-bond acceptors (Lipinski definition) is 7. The zero-order chi connectivity index (χ0) is 23.9. The van der Waals surface area contributed by atoms with Crippen LogP contribution in [0.1, 0.15) is 60.0 Å². The van der Waals surface area contributed by atoms with Gasteiger partial charge < -0.3 is 25.1 Å². The van der Waals surface area contributed by atoms with Gasteiger partial charge in [0.25, 0.3) is 5.91 Å². The molecule has 2 aliphatic rings. The summed E-state index contributed by atoms with van der Waals surface area (Å²) in [6, 6.07) is 5.05. The van der Waals surface area contributed by atoms with Gasteiger partial charge in [-0.15, -0.1) is 0 Å². The van der Waals surface area contributed by atoms with Gasteiger partial charge in [-0.1, -0.05) is 6.42 Å². The topological polar surface area (TPSA) is 114 Å². The second-order valence-corrected chi connectivity index (χ2v) is 8.80. The van der Waals surface area contributed by atoms with E-state index >= 15 is 0 Å². The zero-order valence-corrected chi connectivity index (χ0v) is 19.4. The molecule has 1 aromatic carbocycles. The maximum atomic E-state index is 13.0. The number of amides is 2. The fraction of sp³-hybridized carbons (Fsp3) is 0.480. The van der Waals surface area contributed by atoms with E-state index in [-0.39, 0.29) is 30.4 Å². The average Bonchev–Trinajstić information content (AvgIpc) is 3.19. The van der Waals surface area contributed by atoms with Gasteiger partial charge in [-0.25, -0.2) is 9.97 Å². The van der Waals surface area contributed by atoms with E-state index in [0.717, 1.165) is 48.8 Å². The summed E-state index contributed by atoms with van der Waals surface area (Å²) in [6.07, 6.45) is 10.7. The van der Waals surface area contributed by atoms with Gasteiger partial charge in [0.05, 0.1) is 0 Å². The summed E-state index contributed by atoms with van der Waals surface area (Å²) in [4.78, 5) is 45.9. The molecule has 1 aliphatic heterocycles. The van der Waals surface area contributed by atoms with E-state index in [0.29, 0.717) is 25.1 Å². The number of carbonyl (C=O) groups excluding carboxylic acids is 3. The Bertz CT molecular complexity index is 1020. The molecular weight excluding hydrogens is 434 g/mol. The molecule has 0 saturated heterocycles. The van der Waals surface area contributed by atoms with E-state index in [4.69, 9.17) is 4.74 Å². The van der Waals surface area contributed by atoms with Crippen molar-refractivity contribution in [3.05, 3.63) is 53.6 Å². The van der Waals surface area contributed by atoms with Crippen molar-refractivity contribution in [2.75, 3.05) is 7.05 Å². The third-order valence-electron chi connectivity index (χ3n) is 6.56. The van der Waals surface area contributed by atoms with Crippen molar-refractivity contribution < 1.29 is 19.1 Å². The molecule has 1 saturated carbocycles. The Kier molecular flexibility index (Phi) is 7.84. The standard InChI is InChI=1S/C25H31N5O4/c1-26-24(32)22(6-4-10-31)30-15-18-11-19(8-9-20(18)25(30)33)34-23-7-3-2-5-21(23)29-14-17-12-27-16-28-13-17/h8-13,16,21-23,29H,2-7,14-15H2,1H3,(H,26,32). The molecule has 0 radical (unpaired) electrons. The third kappa shape index (κ3) is 5.41. The van der Waals surface area contributed by atoms with E-state index in [2.05, 4.69) is 20.6 Å². The van der Waals surface area contributed by atoms with Crippen molar-refractivity contribution >= 4 is 18.1 Å². The molecule has 0 spiro atoms. The molecule has 1 aromatic heterocycles. The predicted molar refractivity (Wildman–Crippen MR) is 125 cm³/mol. The highest BCUT2D eigenvalue weighted by Gasteiger charge is 2.36. The van der Waals surface area contributed by atoms with Crippen LogP contribution in [0.5, 0.6) is 5.75 Å². The van der Waals surface area contributed by atoms with Crippen molar-refractivity contribution in [2.24, 2.45) is 0 Å². The largest absolute Gasteiger partial charge is 0.489 e. The SMILES string of the molecule is CNC(=O)C(CCC=O)N1Cc2cc(OC3CCCCC3NCc3cncnc3)ccc2C1=O. The van der Waals surface area contributed by atoms with Gasteiger partial charge >= 0.3 is 0 Å². The van der Waals surface area contributed by atoms with Gasteiger partial charge in [0.1, 0.15) is 30.5 Å². The number of rotatable bonds is 10. The Balaban J connectivity index is 1.44.